The monoisotopic (exact) mass is 185 g/mol. The molecule has 0 radical (unpaired) electrons. The summed E-state index contributed by atoms with van der Waals surface area (Å²) < 4.78 is 5.71. The normalized spacial score (nSPS) is 32.1. The first-order chi connectivity index (χ1) is 5.95. The third-order valence-corrected chi connectivity index (χ3v) is 3.14. The molecular weight excluding hydrogens is 162 g/mol. The van der Waals surface area contributed by atoms with Crippen LogP contribution >= 0.6 is 0 Å². The smallest absolute Gasteiger partial charge is 0.0678 e. The fraction of sp³-hybridized carbons (Fsp3) is 1.00. The van der Waals surface area contributed by atoms with E-state index in [1.807, 2.05) is 0 Å². The summed E-state index contributed by atoms with van der Waals surface area (Å²) in [6, 6.07) is 0. The van der Waals surface area contributed by atoms with Crippen molar-refractivity contribution in [3.05, 3.63) is 0 Å². The Labute approximate surface area is 82.3 Å². The van der Waals surface area contributed by atoms with E-state index < -0.39 is 0 Å². The maximum atomic E-state index is 5.71. The van der Waals surface area contributed by atoms with Gasteiger partial charge in [0.1, 0.15) is 0 Å². The molecule has 0 aromatic heterocycles. The first-order valence-corrected chi connectivity index (χ1v) is 5.36. The number of morpholine rings is 1. The van der Waals surface area contributed by atoms with Gasteiger partial charge in [-0.25, -0.2) is 0 Å². The van der Waals surface area contributed by atoms with E-state index in [1.54, 1.807) is 0 Å². The third-order valence-electron chi connectivity index (χ3n) is 3.14. The molecule has 0 aromatic rings. The Bertz CT molecular complexity index is 157. The highest BCUT2D eigenvalue weighted by Gasteiger charge is 2.31. The van der Waals surface area contributed by atoms with Gasteiger partial charge in [-0.3, -0.25) is 4.90 Å². The van der Waals surface area contributed by atoms with Crippen molar-refractivity contribution in [1.29, 1.82) is 0 Å². The largest absolute Gasteiger partial charge is 0.373 e. The van der Waals surface area contributed by atoms with Gasteiger partial charge < -0.3 is 4.74 Å². The van der Waals surface area contributed by atoms with Gasteiger partial charge in [0.25, 0.3) is 0 Å². The number of ether oxygens (including phenoxy) is 1. The van der Waals surface area contributed by atoms with Gasteiger partial charge in [-0.1, -0.05) is 6.92 Å². The Balaban J connectivity index is 2.59. The number of rotatable bonds is 2. The molecule has 0 aliphatic carbocycles. The van der Waals surface area contributed by atoms with E-state index in [4.69, 9.17) is 4.74 Å². The molecule has 0 spiro atoms. The first-order valence-electron chi connectivity index (χ1n) is 5.36. The minimum atomic E-state index is 0.326. The summed E-state index contributed by atoms with van der Waals surface area (Å²) in [5.74, 6) is 0. The summed E-state index contributed by atoms with van der Waals surface area (Å²) in [6.45, 7) is 13.4. The van der Waals surface area contributed by atoms with Crippen molar-refractivity contribution in [3.8, 4) is 0 Å². The van der Waals surface area contributed by atoms with Crippen molar-refractivity contribution >= 4 is 0 Å². The summed E-state index contributed by atoms with van der Waals surface area (Å²) >= 11 is 0. The number of nitrogens with zero attached hydrogens (tertiary/aromatic N) is 1. The van der Waals surface area contributed by atoms with Crippen molar-refractivity contribution in [3.63, 3.8) is 0 Å². The standard InChI is InChI=1S/C11H23NO/c1-6-11(4,5)12-7-9(2)13-10(3)8-12/h9-10H,6-8H2,1-5H3. The van der Waals surface area contributed by atoms with Crippen LogP contribution in [0, 0.1) is 0 Å². The molecule has 78 valence electrons. The maximum absolute atomic E-state index is 5.71. The fourth-order valence-electron chi connectivity index (χ4n) is 1.90. The Hall–Kier alpha value is -0.0800. The Morgan fingerprint density at radius 3 is 2.08 bits per heavy atom. The molecule has 13 heavy (non-hydrogen) atoms. The molecular formula is C11H23NO. The van der Waals surface area contributed by atoms with Gasteiger partial charge in [-0.15, -0.1) is 0 Å². The quantitative estimate of drug-likeness (QED) is 0.654. The molecule has 2 nitrogen and oxygen atoms in total. The van der Waals surface area contributed by atoms with Crippen molar-refractivity contribution in [2.75, 3.05) is 13.1 Å². The third kappa shape index (κ3) is 2.68. The molecule has 0 bridgehead atoms. The zero-order valence-electron chi connectivity index (χ0n) is 9.63. The van der Waals surface area contributed by atoms with Gasteiger partial charge in [0.15, 0.2) is 0 Å². The lowest BCUT2D eigenvalue weighted by atomic mass is 9.97. The number of hydrogen-bond donors (Lipinski definition) is 0. The molecule has 2 atom stereocenters. The molecule has 2 unspecified atom stereocenters. The summed E-state index contributed by atoms with van der Waals surface area (Å²) in [5.41, 5.74) is 0.326. The van der Waals surface area contributed by atoms with Gasteiger partial charge in [0.05, 0.1) is 12.2 Å². The van der Waals surface area contributed by atoms with Crippen LogP contribution in [0.25, 0.3) is 0 Å². The molecule has 0 amide bonds. The summed E-state index contributed by atoms with van der Waals surface area (Å²) in [6.07, 6.45) is 1.97. The molecule has 2 heteroatoms. The summed E-state index contributed by atoms with van der Waals surface area (Å²) in [5, 5.41) is 0. The van der Waals surface area contributed by atoms with Crippen molar-refractivity contribution < 1.29 is 4.74 Å². The minimum absolute atomic E-state index is 0.326. The molecule has 1 heterocycles. The second-order valence-corrected chi connectivity index (χ2v) is 4.83. The molecule has 1 aliphatic heterocycles. The van der Waals surface area contributed by atoms with E-state index in [-0.39, 0.29) is 0 Å². The molecule has 1 rings (SSSR count). The van der Waals surface area contributed by atoms with Crippen LogP contribution in [0.3, 0.4) is 0 Å². The summed E-state index contributed by atoms with van der Waals surface area (Å²) in [7, 11) is 0. The molecule has 1 saturated heterocycles. The topological polar surface area (TPSA) is 12.5 Å². The van der Waals surface area contributed by atoms with Crippen molar-refractivity contribution in [2.24, 2.45) is 0 Å². The van der Waals surface area contributed by atoms with Crippen LogP contribution in [-0.2, 0) is 4.74 Å². The van der Waals surface area contributed by atoms with Crippen LogP contribution in [0.2, 0.25) is 0 Å². The predicted molar refractivity (Wildman–Crippen MR) is 56.0 cm³/mol. The lowest BCUT2D eigenvalue weighted by Gasteiger charge is -2.44. The van der Waals surface area contributed by atoms with E-state index >= 15 is 0 Å². The Morgan fingerprint density at radius 1 is 1.23 bits per heavy atom. The van der Waals surface area contributed by atoms with E-state index in [1.165, 1.54) is 6.42 Å². The van der Waals surface area contributed by atoms with Crippen LogP contribution in [0.1, 0.15) is 41.0 Å². The SMILES string of the molecule is CCC(C)(C)N1CC(C)OC(C)C1. The van der Waals surface area contributed by atoms with Crippen molar-refractivity contribution in [2.45, 2.75) is 58.8 Å². The highest BCUT2D eigenvalue weighted by Crippen LogP contribution is 2.23. The van der Waals surface area contributed by atoms with Gasteiger partial charge in [0.2, 0.25) is 0 Å². The van der Waals surface area contributed by atoms with Crippen molar-refractivity contribution in [1.82, 2.24) is 4.90 Å². The van der Waals surface area contributed by atoms with Crippen LogP contribution in [0.15, 0.2) is 0 Å². The van der Waals surface area contributed by atoms with Crippen LogP contribution < -0.4 is 0 Å². The van der Waals surface area contributed by atoms with Gasteiger partial charge in [-0.2, -0.15) is 0 Å². The maximum Gasteiger partial charge on any atom is 0.0678 e. The molecule has 0 aromatic carbocycles. The lowest BCUT2D eigenvalue weighted by molar-refractivity contribution is -0.0962. The fourth-order valence-corrected chi connectivity index (χ4v) is 1.90. The highest BCUT2D eigenvalue weighted by atomic mass is 16.5. The van der Waals surface area contributed by atoms with E-state index in [0.29, 0.717) is 17.7 Å². The molecule has 0 saturated carbocycles. The second kappa shape index (κ2) is 3.97. The zero-order chi connectivity index (χ0) is 10.1. The zero-order valence-corrected chi connectivity index (χ0v) is 9.63. The average Bonchev–Trinajstić information content (AvgIpc) is 2.02. The molecule has 1 aliphatic rings. The Morgan fingerprint density at radius 2 is 1.69 bits per heavy atom. The molecule has 1 fully saturated rings. The van der Waals surface area contributed by atoms with Crippen LogP contribution in [0.4, 0.5) is 0 Å². The predicted octanol–water partition coefficient (Wildman–Crippen LogP) is 2.28. The molecule has 0 N–H and O–H groups in total. The average molecular weight is 185 g/mol. The van der Waals surface area contributed by atoms with Gasteiger partial charge in [-0.05, 0) is 34.1 Å². The number of hydrogen-bond acceptors (Lipinski definition) is 2. The van der Waals surface area contributed by atoms with Gasteiger partial charge in [0, 0.05) is 18.6 Å². The highest BCUT2D eigenvalue weighted by molar-refractivity contribution is 4.85. The van der Waals surface area contributed by atoms with Gasteiger partial charge >= 0.3 is 0 Å². The summed E-state index contributed by atoms with van der Waals surface area (Å²) in [4.78, 5) is 2.55. The van der Waals surface area contributed by atoms with Crippen LogP contribution in [-0.4, -0.2) is 35.7 Å². The first kappa shape index (κ1) is 11.0. The minimum Gasteiger partial charge on any atom is -0.373 e. The second-order valence-electron chi connectivity index (χ2n) is 4.83. The van der Waals surface area contributed by atoms with E-state index in [9.17, 15) is 0 Å². The van der Waals surface area contributed by atoms with E-state index in [0.717, 1.165) is 13.1 Å². The van der Waals surface area contributed by atoms with E-state index in [2.05, 4.69) is 39.5 Å². The lowest BCUT2D eigenvalue weighted by Crippen LogP contribution is -2.54. The van der Waals surface area contributed by atoms with Crippen LogP contribution in [0.5, 0.6) is 0 Å². The Kier molecular flexibility index (Phi) is 3.36.